The van der Waals surface area contributed by atoms with Crippen LogP contribution in [0.25, 0.3) is 11.8 Å². The lowest BCUT2D eigenvalue weighted by atomic mass is 9.96. The van der Waals surface area contributed by atoms with E-state index in [-0.39, 0.29) is 17.7 Å². The third-order valence-corrected chi connectivity index (χ3v) is 6.02. The number of carbonyl (C=O) groups is 2. The molecule has 0 bridgehead atoms. The topological polar surface area (TPSA) is 67.2 Å². The first-order valence-electron chi connectivity index (χ1n) is 10.6. The molecule has 2 heterocycles. The lowest BCUT2D eigenvalue weighted by molar-refractivity contribution is -0.130. The van der Waals surface area contributed by atoms with Crippen LogP contribution < -0.4 is 5.32 Å². The van der Waals surface area contributed by atoms with Crippen molar-refractivity contribution in [2.75, 3.05) is 18.4 Å². The summed E-state index contributed by atoms with van der Waals surface area (Å²) in [7, 11) is 0. The van der Waals surface area contributed by atoms with Crippen LogP contribution in [0.1, 0.15) is 24.1 Å². The molecule has 1 aliphatic heterocycles. The summed E-state index contributed by atoms with van der Waals surface area (Å²) in [4.78, 5) is 27.2. The number of nitrogens with zero attached hydrogens (tertiary/aromatic N) is 3. The van der Waals surface area contributed by atoms with Crippen LogP contribution >= 0.6 is 15.9 Å². The number of amides is 2. The fourth-order valence-electron chi connectivity index (χ4n) is 3.82. The minimum Gasteiger partial charge on any atom is -0.339 e. The average Bonchev–Trinajstić information content (AvgIpc) is 3.18. The summed E-state index contributed by atoms with van der Waals surface area (Å²) in [5, 5.41) is 7.56. The number of piperidine rings is 1. The van der Waals surface area contributed by atoms with Crippen LogP contribution in [0.3, 0.4) is 0 Å². The molecule has 1 aliphatic rings. The summed E-state index contributed by atoms with van der Waals surface area (Å²) >= 11 is 3.48. The van der Waals surface area contributed by atoms with E-state index in [0.29, 0.717) is 31.7 Å². The van der Waals surface area contributed by atoms with Crippen LogP contribution in [0.15, 0.2) is 71.2 Å². The highest BCUT2D eigenvalue weighted by Gasteiger charge is 2.27. The Balaban J connectivity index is 1.35. The number of halogens is 1. The van der Waals surface area contributed by atoms with Gasteiger partial charge in [0.1, 0.15) is 5.82 Å². The molecule has 2 aromatic carbocycles. The molecule has 32 heavy (non-hydrogen) atoms. The second-order valence-electron chi connectivity index (χ2n) is 7.90. The normalized spacial score (nSPS) is 14.6. The van der Waals surface area contributed by atoms with Crippen molar-refractivity contribution in [3.8, 4) is 5.69 Å². The van der Waals surface area contributed by atoms with Crippen molar-refractivity contribution >= 4 is 39.6 Å². The number of benzene rings is 2. The quantitative estimate of drug-likeness (QED) is 0.518. The molecule has 2 amide bonds. The van der Waals surface area contributed by atoms with E-state index in [1.807, 2.05) is 73.7 Å². The monoisotopic (exact) mass is 492 g/mol. The maximum absolute atomic E-state index is 12.9. The zero-order valence-electron chi connectivity index (χ0n) is 17.9. The van der Waals surface area contributed by atoms with E-state index in [0.717, 1.165) is 21.4 Å². The molecule has 1 N–H and O–H groups in total. The van der Waals surface area contributed by atoms with Crippen LogP contribution in [-0.2, 0) is 9.59 Å². The second kappa shape index (κ2) is 9.96. The van der Waals surface area contributed by atoms with Gasteiger partial charge < -0.3 is 10.2 Å². The Morgan fingerprint density at radius 3 is 2.53 bits per heavy atom. The second-order valence-corrected chi connectivity index (χ2v) is 8.81. The molecular weight excluding hydrogens is 468 g/mol. The number of hydrogen-bond donors (Lipinski definition) is 1. The standard InChI is InChI=1S/C25H25BrN4O2/c1-18-16-23(30(28-18)22-9-5-8-21(26)17-22)27-25(32)20-12-14-29(15-13-20)24(31)11-10-19-6-3-2-4-7-19/h2-11,16-17,20H,12-15H2,1H3,(H,27,32)/b11-10+. The number of nitrogens with one attached hydrogen (secondary N) is 1. The average molecular weight is 493 g/mol. The summed E-state index contributed by atoms with van der Waals surface area (Å²) in [5.41, 5.74) is 2.69. The highest BCUT2D eigenvalue weighted by atomic mass is 79.9. The van der Waals surface area contributed by atoms with E-state index >= 15 is 0 Å². The Kier molecular flexibility index (Phi) is 6.85. The highest BCUT2D eigenvalue weighted by molar-refractivity contribution is 9.10. The molecule has 164 valence electrons. The van der Waals surface area contributed by atoms with Gasteiger partial charge in [-0.05, 0) is 49.6 Å². The minimum absolute atomic E-state index is 0.0175. The Morgan fingerprint density at radius 2 is 1.81 bits per heavy atom. The zero-order valence-corrected chi connectivity index (χ0v) is 19.5. The number of rotatable bonds is 5. The Bertz CT molecular complexity index is 1130. The van der Waals surface area contributed by atoms with Crippen LogP contribution in [-0.4, -0.2) is 39.6 Å². The molecule has 0 radical (unpaired) electrons. The zero-order chi connectivity index (χ0) is 22.5. The van der Waals surface area contributed by atoms with E-state index in [4.69, 9.17) is 0 Å². The molecule has 7 heteroatoms. The fraction of sp³-hybridized carbons (Fsp3) is 0.240. The van der Waals surface area contributed by atoms with Gasteiger partial charge in [0.25, 0.3) is 0 Å². The molecule has 6 nitrogen and oxygen atoms in total. The van der Waals surface area contributed by atoms with E-state index in [1.165, 1.54) is 0 Å². The maximum atomic E-state index is 12.9. The number of hydrogen-bond acceptors (Lipinski definition) is 3. The molecule has 1 saturated heterocycles. The van der Waals surface area contributed by atoms with E-state index in [1.54, 1.807) is 15.7 Å². The van der Waals surface area contributed by atoms with Gasteiger partial charge in [-0.1, -0.05) is 52.3 Å². The molecule has 4 rings (SSSR count). The van der Waals surface area contributed by atoms with Gasteiger partial charge in [0.15, 0.2) is 0 Å². The fourth-order valence-corrected chi connectivity index (χ4v) is 4.21. The van der Waals surface area contributed by atoms with Crippen molar-refractivity contribution in [2.45, 2.75) is 19.8 Å². The predicted octanol–water partition coefficient (Wildman–Crippen LogP) is 4.83. The van der Waals surface area contributed by atoms with Gasteiger partial charge in [0, 0.05) is 35.6 Å². The molecule has 0 aliphatic carbocycles. The summed E-state index contributed by atoms with van der Waals surface area (Å²) in [6, 6.07) is 19.4. The van der Waals surface area contributed by atoms with Crippen molar-refractivity contribution < 1.29 is 9.59 Å². The number of aryl methyl sites for hydroxylation is 1. The van der Waals surface area contributed by atoms with Gasteiger partial charge >= 0.3 is 0 Å². The predicted molar refractivity (Wildman–Crippen MR) is 129 cm³/mol. The van der Waals surface area contributed by atoms with Crippen molar-refractivity contribution in [3.05, 3.63) is 82.5 Å². The third kappa shape index (κ3) is 5.34. The van der Waals surface area contributed by atoms with Crippen LogP contribution in [0.4, 0.5) is 5.82 Å². The van der Waals surface area contributed by atoms with Gasteiger partial charge in [0.05, 0.1) is 11.4 Å². The molecular formula is C25H25BrN4O2. The van der Waals surface area contributed by atoms with Crippen LogP contribution in [0, 0.1) is 12.8 Å². The molecule has 0 spiro atoms. The lowest BCUT2D eigenvalue weighted by Gasteiger charge is -2.30. The van der Waals surface area contributed by atoms with E-state index in [2.05, 4.69) is 26.3 Å². The summed E-state index contributed by atoms with van der Waals surface area (Å²) in [6.45, 7) is 3.04. The first-order valence-corrected chi connectivity index (χ1v) is 11.4. The number of anilines is 1. The molecule has 0 atom stereocenters. The van der Waals surface area contributed by atoms with Crippen molar-refractivity contribution in [1.82, 2.24) is 14.7 Å². The van der Waals surface area contributed by atoms with E-state index < -0.39 is 0 Å². The van der Waals surface area contributed by atoms with Crippen LogP contribution in [0.2, 0.25) is 0 Å². The number of likely N-dealkylation sites (tertiary alicyclic amines) is 1. The Hall–Kier alpha value is -3.19. The molecule has 0 unspecified atom stereocenters. The molecule has 0 saturated carbocycles. The van der Waals surface area contributed by atoms with Crippen LogP contribution in [0.5, 0.6) is 0 Å². The van der Waals surface area contributed by atoms with Crippen molar-refractivity contribution in [1.29, 1.82) is 0 Å². The molecule has 3 aromatic rings. The SMILES string of the molecule is Cc1cc(NC(=O)C2CCN(C(=O)/C=C/c3ccccc3)CC2)n(-c2cccc(Br)c2)n1. The van der Waals surface area contributed by atoms with Gasteiger partial charge in [0.2, 0.25) is 11.8 Å². The summed E-state index contributed by atoms with van der Waals surface area (Å²) in [5.74, 6) is 0.461. The van der Waals surface area contributed by atoms with Crippen molar-refractivity contribution in [3.63, 3.8) is 0 Å². The van der Waals surface area contributed by atoms with Gasteiger partial charge in [-0.3, -0.25) is 9.59 Å². The number of aromatic nitrogens is 2. The lowest BCUT2D eigenvalue weighted by Crippen LogP contribution is -2.40. The summed E-state index contributed by atoms with van der Waals surface area (Å²) in [6.07, 6.45) is 4.71. The van der Waals surface area contributed by atoms with Gasteiger partial charge in [-0.2, -0.15) is 5.10 Å². The minimum atomic E-state index is -0.136. The molecule has 1 aromatic heterocycles. The largest absolute Gasteiger partial charge is 0.339 e. The maximum Gasteiger partial charge on any atom is 0.246 e. The number of carbonyl (C=O) groups excluding carboxylic acids is 2. The highest BCUT2D eigenvalue weighted by Crippen LogP contribution is 2.23. The van der Waals surface area contributed by atoms with E-state index in [9.17, 15) is 9.59 Å². The Morgan fingerprint density at radius 1 is 1.06 bits per heavy atom. The Labute approximate surface area is 196 Å². The first kappa shape index (κ1) is 22.0. The van der Waals surface area contributed by atoms with Gasteiger partial charge in [-0.15, -0.1) is 0 Å². The van der Waals surface area contributed by atoms with Crippen molar-refractivity contribution in [2.24, 2.45) is 5.92 Å². The molecule has 1 fully saturated rings. The van der Waals surface area contributed by atoms with Gasteiger partial charge in [-0.25, -0.2) is 4.68 Å². The summed E-state index contributed by atoms with van der Waals surface area (Å²) < 4.78 is 2.68. The third-order valence-electron chi connectivity index (χ3n) is 5.53. The smallest absolute Gasteiger partial charge is 0.246 e. The first-order chi connectivity index (χ1) is 15.5.